The van der Waals surface area contributed by atoms with E-state index < -0.39 is 19.8 Å². The van der Waals surface area contributed by atoms with Crippen LogP contribution in [-0.2, 0) is 13.2 Å². The molecule has 0 aliphatic carbocycles. The van der Waals surface area contributed by atoms with E-state index in [-0.39, 0.29) is 0 Å². The monoisotopic (exact) mass is 322 g/mol. The number of hydrogen-bond donors (Lipinski definition) is 0. The molecular weight excluding hydrogens is 305 g/mol. The van der Waals surface area contributed by atoms with Gasteiger partial charge in [0.1, 0.15) is 19.6 Å². The fraction of sp³-hybridized carbons (Fsp3) is 0.312. The highest BCUT2D eigenvalue weighted by atomic mass is 28.3. The van der Waals surface area contributed by atoms with Crippen molar-refractivity contribution in [3.05, 3.63) is 41.7 Å². The molecule has 0 amide bonds. The Morgan fingerprint density at radius 2 is 1.86 bits per heavy atom. The second-order valence-corrected chi connectivity index (χ2v) is 10.9. The molecule has 0 N–H and O–H groups in total. The van der Waals surface area contributed by atoms with Crippen molar-refractivity contribution >= 4 is 8.07 Å². The number of alkyl halides is 3. The van der Waals surface area contributed by atoms with Gasteiger partial charge in [-0.3, -0.25) is 0 Å². The molecule has 1 aromatic carbocycles. The van der Waals surface area contributed by atoms with E-state index in [4.69, 9.17) is 0 Å². The summed E-state index contributed by atoms with van der Waals surface area (Å²) in [5, 5.41) is 0. The Morgan fingerprint density at radius 1 is 1.18 bits per heavy atom. The van der Waals surface area contributed by atoms with E-state index in [1.165, 1.54) is 6.07 Å². The van der Waals surface area contributed by atoms with Crippen molar-refractivity contribution in [2.75, 3.05) is 0 Å². The predicted octanol–water partition coefficient (Wildman–Crippen LogP) is 4.33. The van der Waals surface area contributed by atoms with Gasteiger partial charge in [0.05, 0.1) is 5.56 Å². The van der Waals surface area contributed by atoms with Crippen LogP contribution in [0.1, 0.15) is 11.3 Å². The van der Waals surface area contributed by atoms with Crippen molar-refractivity contribution in [3.8, 4) is 22.9 Å². The number of rotatable bonds is 1. The summed E-state index contributed by atoms with van der Waals surface area (Å²) in [6.45, 7) is 6.37. The van der Waals surface area contributed by atoms with Crippen LogP contribution < -0.4 is 0 Å². The van der Waals surface area contributed by atoms with E-state index in [0.29, 0.717) is 17.1 Å². The van der Waals surface area contributed by atoms with Gasteiger partial charge in [-0.25, -0.2) is 4.98 Å². The first-order valence-corrected chi connectivity index (χ1v) is 10.3. The van der Waals surface area contributed by atoms with E-state index in [0.717, 1.165) is 12.1 Å². The number of aryl methyl sites for hydroxylation is 1. The Morgan fingerprint density at radius 3 is 2.45 bits per heavy atom. The molecule has 116 valence electrons. The molecule has 0 atom stereocenters. The third-order valence-electron chi connectivity index (χ3n) is 2.89. The van der Waals surface area contributed by atoms with Crippen LogP contribution in [0.25, 0.3) is 11.4 Å². The van der Waals surface area contributed by atoms with Gasteiger partial charge in [0.2, 0.25) is 0 Å². The van der Waals surface area contributed by atoms with E-state index in [1.54, 1.807) is 23.9 Å². The highest BCUT2D eigenvalue weighted by molar-refractivity contribution is 6.83. The predicted molar refractivity (Wildman–Crippen MR) is 83.9 cm³/mol. The Kier molecular flexibility index (Phi) is 4.20. The summed E-state index contributed by atoms with van der Waals surface area (Å²) in [7, 11) is 0.232. The van der Waals surface area contributed by atoms with Crippen LogP contribution in [0.15, 0.2) is 30.5 Å². The highest BCUT2D eigenvalue weighted by Gasteiger charge is 2.30. The standard InChI is InChI=1S/C16H17F3N2Si/c1-21-11-14(8-9-22(2,3)4)20-15(21)12-6-5-7-13(10-12)16(17,18)19/h5-7,10-11H,1-4H3. The lowest BCUT2D eigenvalue weighted by molar-refractivity contribution is -0.137. The molecule has 0 aliphatic rings. The third-order valence-corrected chi connectivity index (χ3v) is 3.77. The van der Waals surface area contributed by atoms with Crippen molar-refractivity contribution in [2.24, 2.45) is 7.05 Å². The van der Waals surface area contributed by atoms with Gasteiger partial charge in [-0.15, -0.1) is 5.54 Å². The molecule has 1 heterocycles. The van der Waals surface area contributed by atoms with Gasteiger partial charge in [0, 0.05) is 18.8 Å². The summed E-state index contributed by atoms with van der Waals surface area (Å²) in [6.07, 6.45) is -2.62. The van der Waals surface area contributed by atoms with Gasteiger partial charge in [0.15, 0.2) is 0 Å². The molecular formula is C16H17F3N2Si. The molecule has 0 fully saturated rings. The van der Waals surface area contributed by atoms with Crippen LogP contribution >= 0.6 is 0 Å². The lowest BCUT2D eigenvalue weighted by Gasteiger charge is -2.08. The number of hydrogen-bond acceptors (Lipinski definition) is 1. The van der Waals surface area contributed by atoms with Crippen molar-refractivity contribution < 1.29 is 13.2 Å². The lowest BCUT2D eigenvalue weighted by atomic mass is 10.1. The summed E-state index contributed by atoms with van der Waals surface area (Å²) in [4.78, 5) is 4.35. The van der Waals surface area contributed by atoms with E-state index in [2.05, 4.69) is 36.1 Å². The number of benzene rings is 1. The fourth-order valence-electron chi connectivity index (χ4n) is 1.88. The van der Waals surface area contributed by atoms with Crippen molar-refractivity contribution in [2.45, 2.75) is 25.8 Å². The molecule has 0 saturated carbocycles. The summed E-state index contributed by atoms with van der Waals surface area (Å²) < 4.78 is 40.1. The van der Waals surface area contributed by atoms with Crippen molar-refractivity contribution in [1.29, 1.82) is 0 Å². The number of aromatic nitrogens is 2. The fourth-order valence-corrected chi connectivity index (χ4v) is 2.38. The summed E-state index contributed by atoms with van der Waals surface area (Å²) >= 11 is 0. The molecule has 0 bridgehead atoms. The number of imidazole rings is 1. The van der Waals surface area contributed by atoms with Crippen molar-refractivity contribution in [3.63, 3.8) is 0 Å². The van der Waals surface area contributed by atoms with E-state index >= 15 is 0 Å². The maximum absolute atomic E-state index is 12.8. The Balaban J connectivity index is 2.42. The Labute approximate surface area is 129 Å². The molecule has 0 saturated heterocycles. The minimum absolute atomic E-state index is 0.429. The van der Waals surface area contributed by atoms with Gasteiger partial charge >= 0.3 is 6.18 Å². The highest BCUT2D eigenvalue weighted by Crippen LogP contribution is 2.31. The SMILES string of the molecule is Cn1cc(C#C[Si](C)(C)C)nc1-c1cccc(C(F)(F)F)c1. The van der Waals surface area contributed by atoms with Gasteiger partial charge in [-0.05, 0) is 12.1 Å². The molecule has 0 radical (unpaired) electrons. The summed E-state index contributed by atoms with van der Waals surface area (Å²) in [5.41, 5.74) is 3.53. The zero-order valence-electron chi connectivity index (χ0n) is 12.9. The van der Waals surface area contributed by atoms with Crippen LogP contribution in [0.2, 0.25) is 19.6 Å². The molecule has 0 aliphatic heterocycles. The lowest BCUT2D eigenvalue weighted by Crippen LogP contribution is -2.16. The van der Waals surface area contributed by atoms with Gasteiger partial charge < -0.3 is 4.57 Å². The molecule has 2 nitrogen and oxygen atoms in total. The average Bonchev–Trinajstić information content (AvgIpc) is 2.76. The zero-order valence-corrected chi connectivity index (χ0v) is 13.9. The third kappa shape index (κ3) is 4.01. The Bertz CT molecular complexity index is 743. The first-order valence-electron chi connectivity index (χ1n) is 6.80. The summed E-state index contributed by atoms with van der Waals surface area (Å²) in [5.74, 6) is 3.50. The quantitative estimate of drug-likeness (QED) is 0.564. The Hall–Kier alpha value is -2.00. The number of halogens is 3. The van der Waals surface area contributed by atoms with Gasteiger partial charge in [-0.1, -0.05) is 37.7 Å². The van der Waals surface area contributed by atoms with Crippen LogP contribution in [0, 0.1) is 11.5 Å². The smallest absolute Gasteiger partial charge is 0.333 e. The normalized spacial score (nSPS) is 12.0. The van der Waals surface area contributed by atoms with E-state index in [1.807, 2.05) is 0 Å². The van der Waals surface area contributed by atoms with Gasteiger partial charge in [0.25, 0.3) is 0 Å². The average molecular weight is 322 g/mol. The molecule has 22 heavy (non-hydrogen) atoms. The van der Waals surface area contributed by atoms with E-state index in [9.17, 15) is 13.2 Å². The number of nitrogens with zero attached hydrogens (tertiary/aromatic N) is 2. The first-order chi connectivity index (χ1) is 10.1. The summed E-state index contributed by atoms with van der Waals surface area (Å²) in [6, 6.07) is 5.17. The molecule has 6 heteroatoms. The van der Waals surface area contributed by atoms with Crippen LogP contribution in [-0.4, -0.2) is 17.6 Å². The second-order valence-electron chi connectivity index (χ2n) is 6.14. The zero-order chi connectivity index (χ0) is 16.5. The molecule has 2 aromatic rings. The minimum atomic E-state index is -4.36. The molecule has 1 aromatic heterocycles. The van der Waals surface area contributed by atoms with Crippen molar-refractivity contribution in [1.82, 2.24) is 9.55 Å². The van der Waals surface area contributed by atoms with Crippen LogP contribution in [0.3, 0.4) is 0 Å². The topological polar surface area (TPSA) is 17.8 Å². The molecule has 0 unspecified atom stereocenters. The molecule has 2 rings (SSSR count). The van der Waals surface area contributed by atoms with Gasteiger partial charge in [-0.2, -0.15) is 13.2 Å². The van der Waals surface area contributed by atoms with Crippen LogP contribution in [0.5, 0.6) is 0 Å². The second kappa shape index (κ2) is 5.65. The minimum Gasteiger partial charge on any atom is -0.333 e. The maximum Gasteiger partial charge on any atom is 0.416 e. The maximum atomic E-state index is 12.8. The van der Waals surface area contributed by atoms with Crippen LogP contribution in [0.4, 0.5) is 13.2 Å². The first kappa shape index (κ1) is 16.4. The molecule has 0 spiro atoms. The largest absolute Gasteiger partial charge is 0.416 e.